The van der Waals surface area contributed by atoms with Crippen LogP contribution in [-0.2, 0) is 16.1 Å². The van der Waals surface area contributed by atoms with Crippen LogP contribution in [0.15, 0.2) is 79.1 Å². The van der Waals surface area contributed by atoms with E-state index in [1.54, 1.807) is 25.6 Å². The van der Waals surface area contributed by atoms with Crippen LogP contribution < -0.4 is 15.8 Å². The van der Waals surface area contributed by atoms with Gasteiger partial charge in [-0.05, 0) is 41.8 Å². The molecule has 0 fully saturated rings. The zero-order valence-electron chi connectivity index (χ0n) is 21.6. The van der Waals surface area contributed by atoms with Crippen molar-refractivity contribution in [3.8, 4) is 16.9 Å². The Labute approximate surface area is 225 Å². The molecule has 9 nitrogen and oxygen atoms in total. The van der Waals surface area contributed by atoms with Crippen molar-refractivity contribution < 1.29 is 23.8 Å². The number of amides is 2. The lowest BCUT2D eigenvalue weighted by atomic mass is 9.96. The lowest BCUT2D eigenvalue weighted by Crippen LogP contribution is -2.19. The van der Waals surface area contributed by atoms with Crippen LogP contribution in [0.3, 0.4) is 0 Å². The Bertz CT molecular complexity index is 1660. The zero-order valence-corrected chi connectivity index (χ0v) is 21.6. The number of primary amides is 1. The monoisotopic (exact) mass is 524 g/mol. The van der Waals surface area contributed by atoms with Crippen LogP contribution in [0.5, 0.6) is 5.75 Å². The number of hydrogen-bond donors (Lipinski definition) is 2. The molecular weight excluding hydrogens is 496 g/mol. The minimum atomic E-state index is -0.628. The lowest BCUT2D eigenvalue weighted by molar-refractivity contribution is 0.146. The van der Waals surface area contributed by atoms with E-state index in [4.69, 9.17) is 19.9 Å². The van der Waals surface area contributed by atoms with Crippen LogP contribution in [0.1, 0.15) is 11.1 Å². The van der Waals surface area contributed by atoms with Gasteiger partial charge < -0.3 is 19.9 Å². The largest absolute Gasteiger partial charge is 0.491 e. The summed E-state index contributed by atoms with van der Waals surface area (Å²) < 4.78 is 17.7. The molecule has 5 aromatic rings. The van der Waals surface area contributed by atoms with Gasteiger partial charge in [-0.25, -0.2) is 9.59 Å². The number of methoxy groups -OCH3 is 1. The first-order valence-electron chi connectivity index (χ1n) is 12.4. The van der Waals surface area contributed by atoms with E-state index in [0.29, 0.717) is 35.7 Å². The molecule has 0 radical (unpaired) electrons. The molecule has 5 rings (SSSR count). The average molecular weight is 525 g/mol. The Kier molecular flexibility index (Phi) is 7.42. The highest BCUT2D eigenvalue weighted by atomic mass is 16.5. The van der Waals surface area contributed by atoms with Crippen LogP contribution in [0.2, 0.25) is 0 Å². The first-order valence-corrected chi connectivity index (χ1v) is 12.4. The topological polar surface area (TPSA) is 118 Å². The molecule has 3 N–H and O–H groups in total. The molecule has 2 amide bonds. The molecule has 0 aliphatic carbocycles. The van der Waals surface area contributed by atoms with Crippen molar-refractivity contribution >= 4 is 39.6 Å². The zero-order chi connectivity index (χ0) is 27.4. The summed E-state index contributed by atoms with van der Waals surface area (Å²) in [6.07, 6.45) is 2.81. The first kappa shape index (κ1) is 25.7. The molecule has 0 aliphatic rings. The van der Waals surface area contributed by atoms with Gasteiger partial charge in [0.05, 0.1) is 23.8 Å². The SMILES string of the molecule is COCCOc1ccc2c3c(-c4cccc(NC(=O)OCc5ccccc5)c4C)cncc3n(C(N)=O)c2c1. The van der Waals surface area contributed by atoms with Gasteiger partial charge in [-0.15, -0.1) is 0 Å². The summed E-state index contributed by atoms with van der Waals surface area (Å²) in [5.74, 6) is 0.593. The van der Waals surface area contributed by atoms with E-state index in [1.807, 2.05) is 67.6 Å². The Balaban J connectivity index is 1.53. The van der Waals surface area contributed by atoms with Crippen molar-refractivity contribution in [3.63, 3.8) is 0 Å². The highest BCUT2D eigenvalue weighted by molar-refractivity contribution is 6.18. The smallest absolute Gasteiger partial charge is 0.411 e. The number of pyridine rings is 1. The second-order valence-corrected chi connectivity index (χ2v) is 8.94. The van der Waals surface area contributed by atoms with Crippen molar-refractivity contribution in [1.82, 2.24) is 9.55 Å². The number of nitrogens with one attached hydrogen (secondary N) is 1. The van der Waals surface area contributed by atoms with Crippen molar-refractivity contribution in [3.05, 3.63) is 90.3 Å². The van der Waals surface area contributed by atoms with E-state index in [9.17, 15) is 9.59 Å². The molecular formula is C30H28N4O5. The maximum Gasteiger partial charge on any atom is 0.411 e. The molecule has 9 heteroatoms. The van der Waals surface area contributed by atoms with Crippen molar-refractivity contribution in [2.45, 2.75) is 13.5 Å². The Morgan fingerprint density at radius 2 is 1.77 bits per heavy atom. The minimum absolute atomic E-state index is 0.165. The lowest BCUT2D eigenvalue weighted by Gasteiger charge is -2.14. The standard InChI is InChI=1S/C30H28N4O5/c1-19-22(9-6-10-25(19)33-30(36)39-18-20-7-4-3-5-8-20)24-16-32-17-27-28(24)23-12-11-21(38-14-13-37-2)15-26(23)34(27)29(31)35/h3-12,15-17H,13-14,18H2,1-2H3,(H2,31,35)(H,33,36). The van der Waals surface area contributed by atoms with Crippen LogP contribution in [-0.4, -0.2) is 42.0 Å². The minimum Gasteiger partial charge on any atom is -0.491 e. The second-order valence-electron chi connectivity index (χ2n) is 8.94. The molecule has 0 spiro atoms. The van der Waals surface area contributed by atoms with Gasteiger partial charge in [0.2, 0.25) is 0 Å². The molecule has 0 bridgehead atoms. The second kappa shape index (κ2) is 11.2. The summed E-state index contributed by atoms with van der Waals surface area (Å²) in [6, 6.07) is 20.0. The molecule has 3 aromatic carbocycles. The van der Waals surface area contributed by atoms with Crippen molar-refractivity contribution in [2.75, 3.05) is 25.6 Å². The normalized spacial score (nSPS) is 11.0. The number of hydrogen-bond acceptors (Lipinski definition) is 6. The molecule has 198 valence electrons. The summed E-state index contributed by atoms with van der Waals surface area (Å²) in [5, 5.41) is 4.48. The van der Waals surface area contributed by atoms with Crippen molar-refractivity contribution in [1.29, 1.82) is 0 Å². The van der Waals surface area contributed by atoms with Crippen LogP contribution in [0, 0.1) is 6.92 Å². The molecule has 2 heterocycles. The van der Waals surface area contributed by atoms with Gasteiger partial charge in [0.25, 0.3) is 0 Å². The van der Waals surface area contributed by atoms with Crippen LogP contribution in [0.25, 0.3) is 32.9 Å². The number of carbonyl (C=O) groups is 2. The number of aromatic nitrogens is 2. The number of nitrogens with zero attached hydrogens (tertiary/aromatic N) is 2. The summed E-state index contributed by atoms with van der Waals surface area (Å²) in [5.41, 5.74) is 11.0. The Morgan fingerprint density at radius 1 is 0.949 bits per heavy atom. The quantitative estimate of drug-likeness (QED) is 0.245. The van der Waals surface area contributed by atoms with Gasteiger partial charge in [-0.3, -0.25) is 14.9 Å². The Morgan fingerprint density at radius 3 is 2.54 bits per heavy atom. The first-order chi connectivity index (χ1) is 19.0. The maximum atomic E-state index is 12.6. The number of rotatable bonds is 8. The van der Waals surface area contributed by atoms with Gasteiger partial charge in [-0.2, -0.15) is 0 Å². The molecule has 39 heavy (non-hydrogen) atoms. The fourth-order valence-electron chi connectivity index (χ4n) is 4.65. The van der Waals surface area contributed by atoms with E-state index in [-0.39, 0.29) is 6.61 Å². The van der Waals surface area contributed by atoms with E-state index in [0.717, 1.165) is 33.0 Å². The summed E-state index contributed by atoms with van der Waals surface area (Å²) in [7, 11) is 1.60. The maximum absolute atomic E-state index is 12.6. The number of ether oxygens (including phenoxy) is 3. The highest BCUT2D eigenvalue weighted by Gasteiger charge is 2.20. The number of carbonyl (C=O) groups excluding carboxylic acids is 2. The average Bonchev–Trinajstić information content (AvgIpc) is 3.28. The van der Waals surface area contributed by atoms with E-state index >= 15 is 0 Å². The van der Waals surface area contributed by atoms with Gasteiger partial charge in [-0.1, -0.05) is 42.5 Å². The van der Waals surface area contributed by atoms with Gasteiger partial charge >= 0.3 is 12.1 Å². The summed E-state index contributed by atoms with van der Waals surface area (Å²) in [4.78, 5) is 29.5. The van der Waals surface area contributed by atoms with E-state index < -0.39 is 12.1 Å². The number of anilines is 1. The molecule has 0 saturated carbocycles. The predicted molar refractivity (Wildman–Crippen MR) is 150 cm³/mol. The van der Waals surface area contributed by atoms with Crippen LogP contribution >= 0.6 is 0 Å². The molecule has 0 aliphatic heterocycles. The highest BCUT2D eigenvalue weighted by Crippen LogP contribution is 2.39. The fourth-order valence-corrected chi connectivity index (χ4v) is 4.65. The molecule has 0 unspecified atom stereocenters. The number of nitrogens with two attached hydrogens (primary N) is 1. The van der Waals surface area contributed by atoms with Gasteiger partial charge in [0.1, 0.15) is 19.0 Å². The van der Waals surface area contributed by atoms with Crippen molar-refractivity contribution in [2.24, 2.45) is 5.73 Å². The van der Waals surface area contributed by atoms with Crippen LogP contribution in [0.4, 0.5) is 15.3 Å². The third kappa shape index (κ3) is 5.25. The Hall–Kier alpha value is -4.89. The molecule has 0 atom stereocenters. The third-order valence-electron chi connectivity index (χ3n) is 6.50. The number of benzene rings is 3. The number of fused-ring (bicyclic) bond motifs is 3. The predicted octanol–water partition coefficient (Wildman–Crippen LogP) is 5.87. The molecule has 0 saturated heterocycles. The fraction of sp³-hybridized carbons (Fsp3) is 0.167. The van der Waals surface area contributed by atoms with Gasteiger partial charge in [0, 0.05) is 41.4 Å². The third-order valence-corrected chi connectivity index (χ3v) is 6.50. The summed E-state index contributed by atoms with van der Waals surface area (Å²) in [6.45, 7) is 2.89. The van der Waals surface area contributed by atoms with E-state index in [2.05, 4.69) is 10.3 Å². The van der Waals surface area contributed by atoms with E-state index in [1.165, 1.54) is 4.57 Å². The van der Waals surface area contributed by atoms with Gasteiger partial charge in [0.15, 0.2) is 0 Å². The summed E-state index contributed by atoms with van der Waals surface area (Å²) >= 11 is 0. The molecule has 2 aromatic heterocycles.